The van der Waals surface area contributed by atoms with Crippen molar-refractivity contribution >= 4 is 28.5 Å². The van der Waals surface area contributed by atoms with E-state index in [4.69, 9.17) is 11.6 Å². The average molecular weight is 264 g/mol. The molecule has 0 bridgehead atoms. The van der Waals surface area contributed by atoms with Crippen LogP contribution >= 0.6 is 11.6 Å². The molecule has 0 saturated carbocycles. The van der Waals surface area contributed by atoms with Crippen LogP contribution in [0.5, 0.6) is 0 Å². The van der Waals surface area contributed by atoms with Crippen molar-refractivity contribution in [2.45, 2.75) is 25.6 Å². The normalized spacial score (nSPS) is 12.9. The molecule has 3 nitrogen and oxygen atoms in total. The van der Waals surface area contributed by atoms with Gasteiger partial charge in [0.2, 0.25) is 0 Å². The van der Waals surface area contributed by atoms with Gasteiger partial charge in [-0.2, -0.15) is 0 Å². The van der Waals surface area contributed by atoms with Gasteiger partial charge in [-0.15, -0.1) is 11.6 Å². The minimum absolute atomic E-state index is 0.123. The summed E-state index contributed by atoms with van der Waals surface area (Å²) in [7, 11) is 0. The van der Waals surface area contributed by atoms with Crippen molar-refractivity contribution in [1.82, 2.24) is 9.97 Å². The van der Waals surface area contributed by atoms with E-state index in [0.717, 1.165) is 23.3 Å². The second-order valence-electron chi connectivity index (χ2n) is 4.85. The predicted octanol–water partition coefficient (Wildman–Crippen LogP) is 3.70. The molecule has 0 saturated heterocycles. The summed E-state index contributed by atoms with van der Waals surface area (Å²) in [5, 5.41) is 3.36. The number of aromatic nitrogens is 2. The second-order valence-corrected chi connectivity index (χ2v) is 5.47. The van der Waals surface area contributed by atoms with Crippen molar-refractivity contribution in [3.8, 4) is 0 Å². The Hall–Kier alpha value is -1.35. The molecule has 96 valence electrons. The summed E-state index contributed by atoms with van der Waals surface area (Å²) < 4.78 is 0. The zero-order chi connectivity index (χ0) is 13.0. The molecule has 0 aliphatic rings. The number of fused-ring (bicyclic) bond motifs is 1. The van der Waals surface area contributed by atoms with Crippen LogP contribution in [0.25, 0.3) is 11.0 Å². The fourth-order valence-electron chi connectivity index (χ4n) is 1.85. The van der Waals surface area contributed by atoms with Gasteiger partial charge in [0, 0.05) is 6.54 Å². The highest BCUT2D eigenvalue weighted by Crippen LogP contribution is 2.14. The standard InChI is InChI=1S/C14H18ClN3/c1-10(2)7-11(15)8-17-14-9-16-12-5-3-4-6-13(12)18-14/h3-6,9-11H,7-8H2,1-2H3,(H,17,18). The van der Waals surface area contributed by atoms with E-state index in [-0.39, 0.29) is 5.38 Å². The summed E-state index contributed by atoms with van der Waals surface area (Å²) in [6.07, 6.45) is 2.75. The van der Waals surface area contributed by atoms with Crippen molar-refractivity contribution in [2.75, 3.05) is 11.9 Å². The Balaban J connectivity index is 1.99. The molecular weight excluding hydrogens is 246 g/mol. The highest BCUT2D eigenvalue weighted by atomic mass is 35.5. The number of nitrogens with one attached hydrogen (secondary N) is 1. The molecule has 0 spiro atoms. The molecule has 2 aromatic rings. The molecule has 1 aromatic carbocycles. The third kappa shape index (κ3) is 3.57. The van der Waals surface area contributed by atoms with Gasteiger partial charge in [0.15, 0.2) is 0 Å². The number of rotatable bonds is 5. The smallest absolute Gasteiger partial charge is 0.145 e. The molecule has 0 aliphatic heterocycles. The van der Waals surface area contributed by atoms with Crippen molar-refractivity contribution in [1.29, 1.82) is 0 Å². The van der Waals surface area contributed by atoms with Crippen molar-refractivity contribution in [3.63, 3.8) is 0 Å². The molecule has 1 aromatic heterocycles. The fraction of sp³-hybridized carbons (Fsp3) is 0.429. The van der Waals surface area contributed by atoms with Crippen LogP contribution in [-0.2, 0) is 0 Å². The summed E-state index contributed by atoms with van der Waals surface area (Å²) in [6.45, 7) is 5.06. The molecule has 0 aliphatic carbocycles. The maximum Gasteiger partial charge on any atom is 0.145 e. The summed E-state index contributed by atoms with van der Waals surface area (Å²) >= 11 is 6.23. The maximum absolute atomic E-state index is 6.23. The number of halogens is 1. The molecule has 1 atom stereocenters. The van der Waals surface area contributed by atoms with Crippen LogP contribution in [-0.4, -0.2) is 21.9 Å². The van der Waals surface area contributed by atoms with Crippen LogP contribution in [0.3, 0.4) is 0 Å². The first kappa shape index (κ1) is 13.1. The predicted molar refractivity (Wildman–Crippen MR) is 77.1 cm³/mol. The molecule has 4 heteroatoms. The second kappa shape index (κ2) is 6.01. The van der Waals surface area contributed by atoms with E-state index in [0.29, 0.717) is 12.5 Å². The van der Waals surface area contributed by atoms with Gasteiger partial charge in [0.25, 0.3) is 0 Å². The van der Waals surface area contributed by atoms with Crippen LogP contribution in [0.4, 0.5) is 5.82 Å². The number of para-hydroxylation sites is 2. The van der Waals surface area contributed by atoms with E-state index in [1.165, 1.54) is 0 Å². The first-order chi connectivity index (χ1) is 8.65. The Kier molecular flexibility index (Phi) is 4.37. The Bertz CT molecular complexity index is 513. The van der Waals surface area contributed by atoms with E-state index < -0.39 is 0 Å². The third-order valence-electron chi connectivity index (χ3n) is 2.68. The van der Waals surface area contributed by atoms with Crippen molar-refractivity contribution in [3.05, 3.63) is 30.5 Å². The van der Waals surface area contributed by atoms with E-state index >= 15 is 0 Å². The molecule has 2 rings (SSSR count). The molecule has 1 N–H and O–H groups in total. The van der Waals surface area contributed by atoms with Gasteiger partial charge < -0.3 is 5.32 Å². The van der Waals surface area contributed by atoms with E-state index in [1.807, 2.05) is 24.3 Å². The number of hydrogen-bond donors (Lipinski definition) is 1. The molecule has 1 unspecified atom stereocenters. The van der Waals surface area contributed by atoms with Crippen molar-refractivity contribution in [2.24, 2.45) is 5.92 Å². The van der Waals surface area contributed by atoms with E-state index in [2.05, 4.69) is 29.1 Å². The first-order valence-corrected chi connectivity index (χ1v) is 6.68. The average Bonchev–Trinajstić information content (AvgIpc) is 2.35. The van der Waals surface area contributed by atoms with Crippen LogP contribution in [0.1, 0.15) is 20.3 Å². The van der Waals surface area contributed by atoms with Gasteiger partial charge in [-0.25, -0.2) is 4.98 Å². The molecule has 18 heavy (non-hydrogen) atoms. The number of alkyl halides is 1. The summed E-state index contributed by atoms with van der Waals surface area (Å²) in [6, 6.07) is 7.83. The lowest BCUT2D eigenvalue weighted by atomic mass is 10.1. The number of anilines is 1. The van der Waals surface area contributed by atoms with Gasteiger partial charge in [-0.3, -0.25) is 4.98 Å². The topological polar surface area (TPSA) is 37.8 Å². The van der Waals surface area contributed by atoms with E-state index in [9.17, 15) is 0 Å². The highest BCUT2D eigenvalue weighted by Gasteiger charge is 2.07. The van der Waals surface area contributed by atoms with Gasteiger partial charge in [0.1, 0.15) is 5.82 Å². The Labute approximate surface area is 113 Å². The lowest BCUT2D eigenvalue weighted by Crippen LogP contribution is -2.17. The maximum atomic E-state index is 6.23. The Morgan fingerprint density at radius 3 is 2.67 bits per heavy atom. The third-order valence-corrected chi connectivity index (χ3v) is 3.01. The molecular formula is C14H18ClN3. The summed E-state index contributed by atoms with van der Waals surface area (Å²) in [5.74, 6) is 1.39. The lowest BCUT2D eigenvalue weighted by molar-refractivity contribution is 0.572. The first-order valence-electron chi connectivity index (χ1n) is 6.25. The minimum Gasteiger partial charge on any atom is -0.367 e. The Morgan fingerprint density at radius 1 is 1.22 bits per heavy atom. The van der Waals surface area contributed by atoms with Crippen LogP contribution in [0.15, 0.2) is 30.5 Å². The quantitative estimate of drug-likeness (QED) is 0.836. The van der Waals surface area contributed by atoms with Gasteiger partial charge >= 0.3 is 0 Å². The van der Waals surface area contributed by atoms with Gasteiger partial charge in [-0.1, -0.05) is 26.0 Å². The lowest BCUT2D eigenvalue weighted by Gasteiger charge is -2.13. The largest absolute Gasteiger partial charge is 0.367 e. The van der Waals surface area contributed by atoms with Crippen LogP contribution in [0, 0.1) is 5.92 Å². The number of benzene rings is 1. The number of nitrogens with zero attached hydrogens (tertiary/aromatic N) is 2. The fourth-order valence-corrected chi connectivity index (χ4v) is 2.29. The highest BCUT2D eigenvalue weighted by molar-refractivity contribution is 6.20. The molecule has 0 fully saturated rings. The zero-order valence-electron chi connectivity index (χ0n) is 10.7. The minimum atomic E-state index is 0.123. The van der Waals surface area contributed by atoms with Crippen molar-refractivity contribution < 1.29 is 0 Å². The summed E-state index contributed by atoms with van der Waals surface area (Å²) in [5.41, 5.74) is 1.81. The summed E-state index contributed by atoms with van der Waals surface area (Å²) in [4.78, 5) is 8.85. The molecule has 0 radical (unpaired) electrons. The SMILES string of the molecule is CC(C)CC(Cl)CNc1cnc2ccccc2n1. The monoisotopic (exact) mass is 263 g/mol. The zero-order valence-corrected chi connectivity index (χ0v) is 11.5. The number of hydrogen-bond acceptors (Lipinski definition) is 3. The van der Waals surface area contributed by atoms with Gasteiger partial charge in [-0.05, 0) is 24.5 Å². The molecule has 1 heterocycles. The molecule has 0 amide bonds. The Morgan fingerprint density at radius 2 is 1.94 bits per heavy atom. The van der Waals surface area contributed by atoms with Gasteiger partial charge in [0.05, 0.1) is 22.6 Å². The van der Waals surface area contributed by atoms with Crippen LogP contribution in [0.2, 0.25) is 0 Å². The van der Waals surface area contributed by atoms with Crippen LogP contribution < -0.4 is 5.32 Å². The van der Waals surface area contributed by atoms with E-state index in [1.54, 1.807) is 6.20 Å².